The summed E-state index contributed by atoms with van der Waals surface area (Å²) in [5, 5.41) is 3.36. The summed E-state index contributed by atoms with van der Waals surface area (Å²) >= 11 is 0. The van der Waals surface area contributed by atoms with E-state index in [9.17, 15) is 8.78 Å². The van der Waals surface area contributed by atoms with Crippen LogP contribution in [0.15, 0.2) is 24.3 Å². The average molecular weight is 227 g/mol. The molecule has 0 aliphatic carbocycles. The topological polar surface area (TPSA) is 21.3 Å². The quantitative estimate of drug-likeness (QED) is 0.857. The normalized spacial score (nSPS) is 25.0. The fourth-order valence-electron chi connectivity index (χ4n) is 2.21. The number of alkyl halides is 2. The van der Waals surface area contributed by atoms with Crippen molar-refractivity contribution in [3.05, 3.63) is 29.8 Å². The van der Waals surface area contributed by atoms with Crippen LogP contribution in [0.5, 0.6) is 5.75 Å². The maximum atomic E-state index is 12.0. The molecule has 4 heteroatoms. The van der Waals surface area contributed by atoms with Gasteiger partial charge in [0.05, 0.1) is 0 Å². The molecule has 0 saturated carbocycles. The van der Waals surface area contributed by atoms with Crippen LogP contribution in [-0.2, 0) is 0 Å². The molecule has 2 unspecified atom stereocenters. The van der Waals surface area contributed by atoms with Crippen molar-refractivity contribution in [2.75, 3.05) is 6.54 Å². The third kappa shape index (κ3) is 2.50. The second-order valence-electron chi connectivity index (χ2n) is 4.09. The van der Waals surface area contributed by atoms with Crippen LogP contribution >= 0.6 is 0 Å². The molecule has 1 heterocycles. The zero-order chi connectivity index (χ0) is 11.5. The Hall–Kier alpha value is -1.16. The molecule has 1 saturated heterocycles. The zero-order valence-electron chi connectivity index (χ0n) is 9.12. The SMILES string of the molecule is CC1NCCC1c1ccc(OC(F)F)cc1. The van der Waals surface area contributed by atoms with Gasteiger partial charge in [-0.2, -0.15) is 8.78 Å². The Balaban J connectivity index is 2.07. The first-order valence-electron chi connectivity index (χ1n) is 5.45. The number of rotatable bonds is 3. The Morgan fingerprint density at radius 1 is 1.31 bits per heavy atom. The zero-order valence-corrected chi connectivity index (χ0v) is 9.12. The highest BCUT2D eigenvalue weighted by molar-refractivity contribution is 5.30. The first kappa shape index (κ1) is 11.3. The van der Waals surface area contributed by atoms with Crippen LogP contribution in [0.1, 0.15) is 24.8 Å². The minimum atomic E-state index is -2.75. The lowest BCUT2D eigenvalue weighted by Gasteiger charge is -2.15. The molecule has 0 bridgehead atoms. The number of nitrogens with one attached hydrogen (secondary N) is 1. The Morgan fingerprint density at radius 3 is 2.50 bits per heavy atom. The van der Waals surface area contributed by atoms with E-state index in [2.05, 4.69) is 17.0 Å². The summed E-state index contributed by atoms with van der Waals surface area (Å²) in [7, 11) is 0. The highest BCUT2D eigenvalue weighted by Gasteiger charge is 2.24. The second kappa shape index (κ2) is 4.78. The molecule has 88 valence electrons. The van der Waals surface area contributed by atoms with Gasteiger partial charge in [0.25, 0.3) is 0 Å². The van der Waals surface area contributed by atoms with Crippen molar-refractivity contribution in [2.45, 2.75) is 31.9 Å². The number of benzene rings is 1. The van der Waals surface area contributed by atoms with Crippen molar-refractivity contribution >= 4 is 0 Å². The lowest BCUT2D eigenvalue weighted by Crippen LogP contribution is -2.21. The van der Waals surface area contributed by atoms with Crippen molar-refractivity contribution in [1.29, 1.82) is 0 Å². The summed E-state index contributed by atoms with van der Waals surface area (Å²) in [5.41, 5.74) is 1.18. The summed E-state index contributed by atoms with van der Waals surface area (Å²) in [5.74, 6) is 0.693. The molecule has 1 N–H and O–H groups in total. The molecule has 0 radical (unpaired) electrons. The van der Waals surface area contributed by atoms with E-state index in [-0.39, 0.29) is 5.75 Å². The molecule has 2 atom stereocenters. The van der Waals surface area contributed by atoms with Gasteiger partial charge in [0.15, 0.2) is 0 Å². The summed E-state index contributed by atoms with van der Waals surface area (Å²) in [6, 6.07) is 7.39. The molecule has 1 aromatic rings. The van der Waals surface area contributed by atoms with Crippen LogP contribution in [-0.4, -0.2) is 19.2 Å². The number of hydrogen-bond acceptors (Lipinski definition) is 2. The standard InChI is InChI=1S/C12H15F2NO/c1-8-11(6-7-15-8)9-2-4-10(5-3-9)16-12(13)14/h2-5,8,11-12,15H,6-7H2,1H3. The van der Waals surface area contributed by atoms with Gasteiger partial charge in [0.2, 0.25) is 0 Å². The van der Waals surface area contributed by atoms with E-state index in [1.54, 1.807) is 12.1 Å². The first-order valence-corrected chi connectivity index (χ1v) is 5.45. The van der Waals surface area contributed by atoms with Gasteiger partial charge in [-0.25, -0.2) is 0 Å². The third-order valence-corrected chi connectivity index (χ3v) is 3.06. The summed E-state index contributed by atoms with van der Waals surface area (Å²) < 4.78 is 28.2. The maximum Gasteiger partial charge on any atom is 0.387 e. The van der Waals surface area contributed by atoms with E-state index >= 15 is 0 Å². The van der Waals surface area contributed by atoms with Gasteiger partial charge in [-0.1, -0.05) is 12.1 Å². The van der Waals surface area contributed by atoms with Crippen molar-refractivity contribution < 1.29 is 13.5 Å². The molecule has 1 aliphatic rings. The number of hydrogen-bond donors (Lipinski definition) is 1. The highest BCUT2D eigenvalue weighted by Crippen LogP contribution is 2.28. The van der Waals surface area contributed by atoms with E-state index in [4.69, 9.17) is 0 Å². The van der Waals surface area contributed by atoms with E-state index in [0.29, 0.717) is 12.0 Å². The largest absolute Gasteiger partial charge is 0.435 e. The van der Waals surface area contributed by atoms with Crippen LogP contribution in [0.3, 0.4) is 0 Å². The fraction of sp³-hybridized carbons (Fsp3) is 0.500. The van der Waals surface area contributed by atoms with Gasteiger partial charge in [0.1, 0.15) is 5.75 Å². The molecular weight excluding hydrogens is 212 g/mol. The summed E-state index contributed by atoms with van der Waals surface area (Å²) in [6.45, 7) is 0.403. The number of halogens is 2. The van der Waals surface area contributed by atoms with Gasteiger partial charge in [-0.3, -0.25) is 0 Å². The van der Waals surface area contributed by atoms with Gasteiger partial charge < -0.3 is 10.1 Å². The second-order valence-corrected chi connectivity index (χ2v) is 4.09. The predicted octanol–water partition coefficient (Wildman–Crippen LogP) is 2.75. The van der Waals surface area contributed by atoms with Crippen molar-refractivity contribution in [1.82, 2.24) is 5.32 Å². The first-order chi connectivity index (χ1) is 7.66. The molecular formula is C12H15F2NO. The maximum absolute atomic E-state index is 12.0. The Bertz CT molecular complexity index is 339. The Kier molecular flexibility index (Phi) is 3.39. The van der Waals surface area contributed by atoms with Crippen molar-refractivity contribution in [2.24, 2.45) is 0 Å². The molecule has 16 heavy (non-hydrogen) atoms. The van der Waals surface area contributed by atoms with Crippen LogP contribution in [0, 0.1) is 0 Å². The predicted molar refractivity (Wildman–Crippen MR) is 57.9 cm³/mol. The van der Waals surface area contributed by atoms with Gasteiger partial charge in [-0.15, -0.1) is 0 Å². The molecule has 2 nitrogen and oxygen atoms in total. The molecule has 2 rings (SSSR count). The molecule has 0 amide bonds. The van der Waals surface area contributed by atoms with Gasteiger partial charge >= 0.3 is 6.61 Å². The van der Waals surface area contributed by atoms with Crippen LogP contribution in [0.25, 0.3) is 0 Å². The molecule has 1 fully saturated rings. The van der Waals surface area contributed by atoms with Crippen LogP contribution in [0.2, 0.25) is 0 Å². The van der Waals surface area contributed by atoms with Crippen molar-refractivity contribution in [3.63, 3.8) is 0 Å². The fourth-order valence-corrected chi connectivity index (χ4v) is 2.21. The monoisotopic (exact) mass is 227 g/mol. The minimum absolute atomic E-state index is 0.220. The number of ether oxygens (including phenoxy) is 1. The van der Waals surface area contributed by atoms with Crippen LogP contribution < -0.4 is 10.1 Å². The van der Waals surface area contributed by atoms with Gasteiger partial charge in [0, 0.05) is 12.0 Å². The molecule has 1 aromatic carbocycles. The minimum Gasteiger partial charge on any atom is -0.435 e. The van der Waals surface area contributed by atoms with Crippen molar-refractivity contribution in [3.8, 4) is 5.75 Å². The van der Waals surface area contributed by atoms with Crippen LogP contribution in [0.4, 0.5) is 8.78 Å². The lowest BCUT2D eigenvalue weighted by atomic mass is 9.93. The van der Waals surface area contributed by atoms with E-state index in [1.807, 2.05) is 12.1 Å². The molecule has 0 aromatic heterocycles. The third-order valence-electron chi connectivity index (χ3n) is 3.06. The average Bonchev–Trinajstić information content (AvgIpc) is 2.65. The van der Waals surface area contributed by atoms with E-state index in [1.165, 1.54) is 5.56 Å². The lowest BCUT2D eigenvalue weighted by molar-refractivity contribution is -0.0498. The smallest absolute Gasteiger partial charge is 0.387 e. The summed E-state index contributed by atoms with van der Waals surface area (Å²) in [4.78, 5) is 0. The van der Waals surface area contributed by atoms with E-state index < -0.39 is 6.61 Å². The molecule has 0 spiro atoms. The Morgan fingerprint density at radius 2 is 2.00 bits per heavy atom. The Labute approximate surface area is 93.6 Å². The summed E-state index contributed by atoms with van der Waals surface area (Å²) in [6.07, 6.45) is 1.09. The molecule has 1 aliphatic heterocycles. The van der Waals surface area contributed by atoms with Gasteiger partial charge in [-0.05, 0) is 37.6 Å². The highest BCUT2D eigenvalue weighted by atomic mass is 19.3. The van der Waals surface area contributed by atoms with E-state index in [0.717, 1.165) is 13.0 Å².